The number of aryl methyl sites for hydroxylation is 1. The quantitative estimate of drug-likeness (QED) is 0.786. The molecule has 0 unspecified atom stereocenters. The molecule has 0 aromatic heterocycles. The van der Waals surface area contributed by atoms with Crippen molar-refractivity contribution in [1.82, 2.24) is 0 Å². The van der Waals surface area contributed by atoms with Crippen LogP contribution in [0.15, 0.2) is 42.5 Å². The van der Waals surface area contributed by atoms with Crippen LogP contribution in [0.2, 0.25) is 0 Å². The number of imide groups is 1. The molecule has 5 heteroatoms. The van der Waals surface area contributed by atoms with Gasteiger partial charge < -0.3 is 5.32 Å². The number of amides is 3. The second kappa shape index (κ2) is 7.47. The normalized spacial score (nSPS) is 23.8. The summed E-state index contributed by atoms with van der Waals surface area (Å²) < 4.78 is 0. The highest BCUT2D eigenvalue weighted by atomic mass is 16.2. The molecule has 2 aliphatic rings. The minimum atomic E-state index is -0.259. The monoisotopic (exact) mass is 390 g/mol. The fourth-order valence-corrected chi connectivity index (χ4v) is 4.51. The maximum Gasteiger partial charge on any atom is 0.255 e. The van der Waals surface area contributed by atoms with Crippen molar-refractivity contribution < 1.29 is 14.4 Å². The smallest absolute Gasteiger partial charge is 0.255 e. The molecule has 3 atom stereocenters. The van der Waals surface area contributed by atoms with E-state index in [4.69, 9.17) is 0 Å². The Morgan fingerprint density at radius 3 is 2.52 bits per heavy atom. The Balaban J connectivity index is 1.59. The summed E-state index contributed by atoms with van der Waals surface area (Å²) in [5.41, 5.74) is 3.78. The fraction of sp³-hybridized carbons (Fsp3) is 0.375. The highest BCUT2D eigenvalue weighted by Gasteiger charge is 2.50. The van der Waals surface area contributed by atoms with Gasteiger partial charge in [-0.15, -0.1) is 0 Å². The molecule has 0 bridgehead atoms. The highest BCUT2D eigenvalue weighted by molar-refractivity contribution is 6.22. The van der Waals surface area contributed by atoms with Crippen LogP contribution in [-0.4, -0.2) is 17.7 Å². The minimum absolute atomic E-state index is 0.126. The van der Waals surface area contributed by atoms with Gasteiger partial charge in [-0.05, 0) is 74.4 Å². The van der Waals surface area contributed by atoms with Crippen molar-refractivity contribution in [3.63, 3.8) is 0 Å². The first-order valence-electron chi connectivity index (χ1n) is 10.2. The van der Waals surface area contributed by atoms with Crippen LogP contribution in [0, 0.1) is 31.6 Å². The number of rotatable bonds is 3. The molecule has 0 radical (unpaired) electrons. The lowest BCUT2D eigenvalue weighted by Gasteiger charge is -2.25. The Labute approximate surface area is 171 Å². The third-order valence-electron chi connectivity index (χ3n) is 6.41. The summed E-state index contributed by atoms with van der Waals surface area (Å²) in [6.45, 7) is 6.09. The van der Waals surface area contributed by atoms with Gasteiger partial charge in [0.2, 0.25) is 11.8 Å². The van der Waals surface area contributed by atoms with E-state index in [0.717, 1.165) is 36.1 Å². The Bertz CT molecular complexity index is 997. The Morgan fingerprint density at radius 1 is 1.00 bits per heavy atom. The minimum Gasteiger partial charge on any atom is -0.322 e. The molecule has 2 fully saturated rings. The summed E-state index contributed by atoms with van der Waals surface area (Å²) in [5, 5.41) is 2.94. The molecule has 1 saturated heterocycles. The third-order valence-corrected chi connectivity index (χ3v) is 6.41. The summed E-state index contributed by atoms with van der Waals surface area (Å²) in [6, 6.07) is 12.5. The molecule has 1 heterocycles. The van der Waals surface area contributed by atoms with Crippen molar-refractivity contribution in [2.75, 3.05) is 10.2 Å². The first-order chi connectivity index (χ1) is 13.9. The van der Waals surface area contributed by atoms with Crippen molar-refractivity contribution in [1.29, 1.82) is 0 Å². The van der Waals surface area contributed by atoms with Gasteiger partial charge in [0, 0.05) is 11.3 Å². The van der Waals surface area contributed by atoms with Gasteiger partial charge in [-0.1, -0.05) is 25.1 Å². The standard InChI is InChI=1S/C24H26N2O3/c1-14-10-11-19-20(12-14)24(29)26(23(19)28)18-8-5-7-17(13-18)22(27)25-21-9-4-6-15(2)16(21)3/h4-9,13-14,19-20H,10-12H2,1-3H3,(H,25,27)/t14-,19+,20-/m0/s1. The molecule has 29 heavy (non-hydrogen) atoms. The van der Waals surface area contributed by atoms with Crippen LogP contribution in [0.5, 0.6) is 0 Å². The zero-order valence-corrected chi connectivity index (χ0v) is 17.1. The maximum atomic E-state index is 13.0. The molecular weight excluding hydrogens is 364 g/mol. The van der Waals surface area contributed by atoms with Crippen LogP contribution in [0.3, 0.4) is 0 Å². The Kier molecular flexibility index (Phi) is 4.99. The lowest BCUT2D eigenvalue weighted by molar-refractivity contribution is -0.122. The topological polar surface area (TPSA) is 66.5 Å². The number of carbonyl (C=O) groups is 3. The molecule has 1 N–H and O–H groups in total. The van der Waals surface area contributed by atoms with Gasteiger partial charge in [0.1, 0.15) is 0 Å². The lowest BCUT2D eigenvalue weighted by atomic mass is 9.76. The van der Waals surface area contributed by atoms with Gasteiger partial charge in [0.15, 0.2) is 0 Å². The SMILES string of the molecule is Cc1cccc(NC(=O)c2cccc(N3C(=O)[C@H]4C[C@@H](C)CC[C@H]4C3=O)c2)c1C. The molecule has 0 spiro atoms. The van der Waals surface area contributed by atoms with Crippen molar-refractivity contribution in [2.45, 2.75) is 40.0 Å². The number of hydrogen-bond donors (Lipinski definition) is 1. The van der Waals surface area contributed by atoms with Crippen molar-refractivity contribution in [2.24, 2.45) is 17.8 Å². The van der Waals surface area contributed by atoms with Crippen LogP contribution >= 0.6 is 0 Å². The van der Waals surface area contributed by atoms with Crippen LogP contribution in [0.25, 0.3) is 0 Å². The number of nitrogens with zero attached hydrogens (tertiary/aromatic N) is 1. The van der Waals surface area contributed by atoms with E-state index in [1.165, 1.54) is 4.90 Å². The van der Waals surface area contributed by atoms with Crippen LogP contribution in [0.4, 0.5) is 11.4 Å². The maximum absolute atomic E-state index is 13.0. The largest absolute Gasteiger partial charge is 0.322 e. The summed E-state index contributed by atoms with van der Waals surface area (Å²) in [7, 11) is 0. The summed E-state index contributed by atoms with van der Waals surface area (Å²) >= 11 is 0. The van der Waals surface area contributed by atoms with Crippen LogP contribution < -0.4 is 10.2 Å². The number of hydrogen-bond acceptors (Lipinski definition) is 3. The van der Waals surface area contributed by atoms with Crippen molar-refractivity contribution in [3.05, 3.63) is 59.2 Å². The van der Waals surface area contributed by atoms with E-state index < -0.39 is 0 Å². The average Bonchev–Trinajstić information content (AvgIpc) is 2.95. The molecule has 4 rings (SSSR count). The first kappa shape index (κ1) is 19.4. The van der Waals surface area contributed by atoms with E-state index in [2.05, 4.69) is 12.2 Å². The van der Waals surface area contributed by atoms with Crippen molar-refractivity contribution in [3.8, 4) is 0 Å². The van der Waals surface area contributed by atoms with E-state index in [-0.39, 0.29) is 29.6 Å². The summed E-state index contributed by atoms with van der Waals surface area (Å²) in [6.07, 6.45) is 2.50. The van der Waals surface area contributed by atoms with E-state index in [9.17, 15) is 14.4 Å². The molecule has 2 aromatic carbocycles. The molecule has 5 nitrogen and oxygen atoms in total. The molecule has 150 valence electrons. The zero-order chi connectivity index (χ0) is 20.7. The molecule has 2 aromatic rings. The van der Waals surface area contributed by atoms with E-state index in [1.807, 2.05) is 32.0 Å². The fourth-order valence-electron chi connectivity index (χ4n) is 4.51. The zero-order valence-electron chi connectivity index (χ0n) is 17.1. The van der Waals surface area contributed by atoms with Gasteiger partial charge in [-0.3, -0.25) is 19.3 Å². The Hall–Kier alpha value is -2.95. The summed E-state index contributed by atoms with van der Waals surface area (Å²) in [4.78, 5) is 40.0. The number of fused-ring (bicyclic) bond motifs is 1. The summed E-state index contributed by atoms with van der Waals surface area (Å²) in [5.74, 6) is -0.490. The van der Waals surface area contributed by atoms with Gasteiger partial charge in [-0.25, -0.2) is 0 Å². The second-order valence-electron chi connectivity index (χ2n) is 8.40. The second-order valence-corrected chi connectivity index (χ2v) is 8.40. The predicted octanol–water partition coefficient (Wildman–Crippen LogP) is 4.48. The number of carbonyl (C=O) groups excluding carboxylic acids is 3. The predicted molar refractivity (Wildman–Crippen MR) is 113 cm³/mol. The molecule has 3 amide bonds. The average molecular weight is 390 g/mol. The van der Waals surface area contributed by atoms with Crippen molar-refractivity contribution >= 4 is 29.1 Å². The number of benzene rings is 2. The third kappa shape index (κ3) is 3.46. The van der Waals surface area contributed by atoms with Crippen LogP contribution in [0.1, 0.15) is 47.7 Å². The van der Waals surface area contributed by atoms with Gasteiger partial charge in [-0.2, -0.15) is 0 Å². The van der Waals surface area contributed by atoms with E-state index in [0.29, 0.717) is 17.2 Å². The lowest BCUT2D eigenvalue weighted by Crippen LogP contribution is -2.31. The van der Waals surface area contributed by atoms with Crippen LogP contribution in [-0.2, 0) is 9.59 Å². The number of anilines is 2. The van der Waals surface area contributed by atoms with E-state index >= 15 is 0 Å². The molecule has 1 saturated carbocycles. The highest BCUT2D eigenvalue weighted by Crippen LogP contribution is 2.42. The number of nitrogens with one attached hydrogen (secondary N) is 1. The molecule has 1 aliphatic heterocycles. The molecule has 1 aliphatic carbocycles. The van der Waals surface area contributed by atoms with Gasteiger partial charge in [0.05, 0.1) is 17.5 Å². The van der Waals surface area contributed by atoms with Gasteiger partial charge in [0.25, 0.3) is 5.91 Å². The Morgan fingerprint density at radius 2 is 1.72 bits per heavy atom. The van der Waals surface area contributed by atoms with Gasteiger partial charge >= 0.3 is 0 Å². The molecular formula is C24H26N2O3. The first-order valence-corrected chi connectivity index (χ1v) is 10.2. The van der Waals surface area contributed by atoms with E-state index in [1.54, 1.807) is 24.3 Å².